The molecule has 176 valence electrons. The van der Waals surface area contributed by atoms with Crippen LogP contribution in [0.1, 0.15) is 55.8 Å². The second-order valence-corrected chi connectivity index (χ2v) is 12.2. The van der Waals surface area contributed by atoms with Crippen LogP contribution in [0.3, 0.4) is 0 Å². The number of sulfonamides is 1. The van der Waals surface area contributed by atoms with E-state index < -0.39 is 10.0 Å². The van der Waals surface area contributed by atoms with E-state index in [0.717, 1.165) is 38.1 Å². The second kappa shape index (κ2) is 9.35. The molecule has 0 aliphatic heterocycles. The third-order valence-electron chi connectivity index (χ3n) is 5.76. The molecule has 3 aromatic carbocycles. The first-order valence-electron chi connectivity index (χ1n) is 11.4. The van der Waals surface area contributed by atoms with Gasteiger partial charge < -0.3 is 0 Å². The van der Waals surface area contributed by atoms with Crippen LogP contribution in [-0.4, -0.2) is 14.2 Å². The molecule has 0 radical (unpaired) electrons. The molecule has 0 saturated carbocycles. The van der Waals surface area contributed by atoms with Crippen LogP contribution in [0, 0.1) is 0 Å². The molecule has 0 unspecified atom stereocenters. The van der Waals surface area contributed by atoms with Crippen molar-refractivity contribution in [3.05, 3.63) is 83.2 Å². The Balaban J connectivity index is 1.75. The van der Waals surface area contributed by atoms with Crippen molar-refractivity contribution in [2.75, 3.05) is 4.72 Å². The van der Waals surface area contributed by atoms with Gasteiger partial charge in [-0.2, -0.15) is 0 Å². The summed E-state index contributed by atoms with van der Waals surface area (Å²) in [6.45, 7) is 8.27. The third kappa shape index (κ3) is 4.93. The molecule has 0 aliphatic rings. The van der Waals surface area contributed by atoms with Gasteiger partial charge in [0.2, 0.25) is 0 Å². The largest absolute Gasteiger partial charge is 0.293 e. The number of hydrogen-bond acceptors (Lipinski definition) is 4. The van der Waals surface area contributed by atoms with E-state index in [1.165, 1.54) is 11.3 Å². The van der Waals surface area contributed by atoms with Crippen LogP contribution < -0.4 is 4.72 Å². The maximum atomic E-state index is 13.1. The minimum Gasteiger partial charge on any atom is -0.293 e. The van der Waals surface area contributed by atoms with Crippen LogP contribution in [-0.2, 0) is 15.4 Å². The number of rotatable bonds is 7. The van der Waals surface area contributed by atoms with E-state index in [1.54, 1.807) is 18.2 Å². The number of carbonyl (C=O) groups is 1. The predicted octanol–water partition coefficient (Wildman–Crippen LogP) is 7.65. The minimum absolute atomic E-state index is 0.0551. The Kier molecular flexibility index (Phi) is 6.65. The van der Waals surface area contributed by atoms with E-state index in [0.29, 0.717) is 12.1 Å². The van der Waals surface area contributed by atoms with E-state index in [1.807, 2.05) is 61.5 Å². The summed E-state index contributed by atoms with van der Waals surface area (Å²) in [4.78, 5) is 13.8. The van der Waals surface area contributed by atoms with Gasteiger partial charge in [0.1, 0.15) is 0 Å². The zero-order chi connectivity index (χ0) is 24.5. The van der Waals surface area contributed by atoms with E-state index in [-0.39, 0.29) is 16.1 Å². The lowest BCUT2D eigenvalue weighted by molar-refractivity contribution is 0.0986. The summed E-state index contributed by atoms with van der Waals surface area (Å²) in [6.07, 6.45) is 1.26. The zero-order valence-electron chi connectivity index (χ0n) is 19.9. The van der Waals surface area contributed by atoms with Gasteiger partial charge in [0.05, 0.1) is 9.77 Å². The average molecular weight is 492 g/mol. The monoisotopic (exact) mass is 491 g/mol. The Morgan fingerprint density at radius 3 is 2.24 bits per heavy atom. The molecule has 4 aromatic rings. The van der Waals surface area contributed by atoms with Crippen LogP contribution in [0.5, 0.6) is 0 Å². The van der Waals surface area contributed by atoms with Crippen LogP contribution in [0.15, 0.2) is 77.7 Å². The molecule has 0 bridgehead atoms. The number of hydrogen-bond donors (Lipinski definition) is 1. The summed E-state index contributed by atoms with van der Waals surface area (Å²) in [5, 5.41) is 0.874. The van der Waals surface area contributed by atoms with E-state index >= 15 is 0 Å². The van der Waals surface area contributed by atoms with Crippen LogP contribution in [0.4, 0.5) is 5.69 Å². The number of benzene rings is 3. The molecule has 0 aliphatic carbocycles. The summed E-state index contributed by atoms with van der Waals surface area (Å²) in [6, 6.07) is 22.3. The van der Waals surface area contributed by atoms with Gasteiger partial charge in [0.25, 0.3) is 10.0 Å². The van der Waals surface area contributed by atoms with Crippen molar-refractivity contribution in [3.8, 4) is 11.1 Å². The van der Waals surface area contributed by atoms with Crippen molar-refractivity contribution in [1.82, 2.24) is 0 Å². The molecule has 34 heavy (non-hydrogen) atoms. The molecule has 1 N–H and O–H groups in total. The molecule has 0 saturated heterocycles. The third-order valence-corrected chi connectivity index (χ3v) is 8.37. The fourth-order valence-corrected chi connectivity index (χ4v) is 6.16. The van der Waals surface area contributed by atoms with E-state index in [9.17, 15) is 13.2 Å². The Morgan fingerprint density at radius 1 is 0.941 bits per heavy atom. The van der Waals surface area contributed by atoms with Gasteiger partial charge in [-0.05, 0) is 53.3 Å². The summed E-state index contributed by atoms with van der Waals surface area (Å²) in [5.41, 5.74) is 3.31. The van der Waals surface area contributed by atoms with Gasteiger partial charge in [0.15, 0.2) is 5.78 Å². The molecule has 6 heteroatoms. The Morgan fingerprint density at radius 2 is 1.62 bits per heavy atom. The first-order chi connectivity index (χ1) is 16.1. The normalized spacial score (nSPS) is 12.1. The molecular weight excluding hydrogens is 462 g/mol. The molecule has 0 amide bonds. The highest BCUT2D eigenvalue weighted by Crippen LogP contribution is 2.41. The molecule has 1 heterocycles. The van der Waals surface area contributed by atoms with Crippen molar-refractivity contribution in [2.45, 2.75) is 50.8 Å². The van der Waals surface area contributed by atoms with Crippen molar-refractivity contribution in [1.29, 1.82) is 0 Å². The first-order valence-corrected chi connectivity index (χ1v) is 13.7. The smallest absolute Gasteiger partial charge is 0.261 e. The maximum Gasteiger partial charge on any atom is 0.261 e. The summed E-state index contributed by atoms with van der Waals surface area (Å²) >= 11 is 1.47. The number of Topliss-reactive ketones (excluding diaryl/α,β-unsaturated/α-hetero) is 1. The molecule has 0 fully saturated rings. The Hall–Kier alpha value is -2.96. The SMILES string of the molecule is CCCC(=O)c1sc2ccc(NS(=O)(=O)c3ccc(C(C)(C)C)cc3)cc2c1-c1ccccc1. The number of ketones is 1. The van der Waals surface area contributed by atoms with Crippen LogP contribution >= 0.6 is 11.3 Å². The Labute approximate surface area is 205 Å². The van der Waals surface area contributed by atoms with Crippen molar-refractivity contribution in [2.24, 2.45) is 0 Å². The standard InChI is InChI=1S/C28H29NO3S2/c1-5-9-24(30)27-26(19-10-7-6-8-11-19)23-18-21(14-17-25(23)33-27)29-34(31,32)22-15-12-20(13-16-22)28(2,3)4/h6-8,10-18,29H,5,9H2,1-4H3. The highest BCUT2D eigenvalue weighted by molar-refractivity contribution is 7.92. The first kappa shape index (κ1) is 24.2. The van der Waals surface area contributed by atoms with Crippen LogP contribution in [0.2, 0.25) is 0 Å². The molecule has 1 aromatic heterocycles. The second-order valence-electron chi connectivity index (χ2n) is 9.44. The molecular formula is C28H29NO3S2. The highest BCUT2D eigenvalue weighted by Gasteiger charge is 2.21. The van der Waals surface area contributed by atoms with Crippen molar-refractivity contribution < 1.29 is 13.2 Å². The lowest BCUT2D eigenvalue weighted by Gasteiger charge is -2.19. The minimum atomic E-state index is -3.75. The fraction of sp³-hybridized carbons (Fsp3) is 0.250. The fourth-order valence-electron chi connectivity index (χ4n) is 3.94. The highest BCUT2D eigenvalue weighted by atomic mass is 32.2. The quantitative estimate of drug-likeness (QED) is 0.270. The molecule has 4 nitrogen and oxygen atoms in total. The van der Waals surface area contributed by atoms with Crippen molar-refractivity contribution >= 4 is 42.9 Å². The lowest BCUT2D eigenvalue weighted by Crippen LogP contribution is -2.14. The van der Waals surface area contributed by atoms with Crippen LogP contribution in [0.25, 0.3) is 21.2 Å². The number of carbonyl (C=O) groups excluding carboxylic acids is 1. The van der Waals surface area contributed by atoms with Gasteiger partial charge in [-0.3, -0.25) is 9.52 Å². The molecule has 0 atom stereocenters. The summed E-state index contributed by atoms with van der Waals surface area (Å²) in [7, 11) is -3.75. The summed E-state index contributed by atoms with van der Waals surface area (Å²) < 4.78 is 29.9. The summed E-state index contributed by atoms with van der Waals surface area (Å²) in [5.74, 6) is 0.114. The lowest BCUT2D eigenvalue weighted by atomic mass is 9.87. The van der Waals surface area contributed by atoms with Crippen molar-refractivity contribution in [3.63, 3.8) is 0 Å². The van der Waals surface area contributed by atoms with Gasteiger partial charge in [-0.1, -0.05) is 70.2 Å². The average Bonchev–Trinajstić information content (AvgIpc) is 3.18. The maximum absolute atomic E-state index is 13.1. The Bertz CT molecular complexity index is 1430. The topological polar surface area (TPSA) is 63.2 Å². The number of thiophene rings is 1. The number of fused-ring (bicyclic) bond motifs is 1. The van der Waals surface area contributed by atoms with Gasteiger partial charge in [0, 0.05) is 27.8 Å². The zero-order valence-corrected chi connectivity index (χ0v) is 21.5. The van der Waals surface area contributed by atoms with Gasteiger partial charge >= 0.3 is 0 Å². The van der Waals surface area contributed by atoms with E-state index in [4.69, 9.17) is 0 Å². The van der Waals surface area contributed by atoms with E-state index in [2.05, 4.69) is 25.5 Å². The molecule has 4 rings (SSSR count). The predicted molar refractivity (Wildman–Crippen MR) is 142 cm³/mol. The molecule has 0 spiro atoms. The number of anilines is 1. The van der Waals surface area contributed by atoms with Gasteiger partial charge in [-0.25, -0.2) is 8.42 Å². The number of nitrogens with one attached hydrogen (secondary N) is 1. The van der Waals surface area contributed by atoms with Gasteiger partial charge in [-0.15, -0.1) is 11.3 Å².